The third-order valence-corrected chi connectivity index (χ3v) is 12.0. The van der Waals surface area contributed by atoms with E-state index >= 15 is 0 Å². The van der Waals surface area contributed by atoms with Crippen molar-refractivity contribution in [1.82, 2.24) is 0 Å². The topological polar surface area (TPSA) is 16.4 Å². The smallest absolute Gasteiger partial charge is 0.143 e. The highest BCUT2D eigenvalue weighted by Gasteiger charge is 2.42. The Labute approximate surface area is 326 Å². The monoisotopic (exact) mass is 715 g/mol. The number of hydrogen-bond acceptors (Lipinski definition) is 2. The van der Waals surface area contributed by atoms with Crippen LogP contribution < -0.4 is 4.90 Å². The van der Waals surface area contributed by atoms with Crippen molar-refractivity contribution in [1.29, 1.82) is 0 Å². The summed E-state index contributed by atoms with van der Waals surface area (Å²) in [6.07, 6.45) is 0. The van der Waals surface area contributed by atoms with Gasteiger partial charge in [0.2, 0.25) is 0 Å². The molecule has 0 fully saturated rings. The van der Waals surface area contributed by atoms with Gasteiger partial charge in [-0.25, -0.2) is 0 Å². The van der Waals surface area contributed by atoms with Gasteiger partial charge in [-0.1, -0.05) is 176 Å². The van der Waals surface area contributed by atoms with Gasteiger partial charge in [0, 0.05) is 44.1 Å². The lowest BCUT2D eigenvalue weighted by Crippen LogP contribution is -2.22. The Bertz CT molecular complexity index is 3030. The molecule has 0 atom stereocenters. The Morgan fingerprint density at radius 2 is 0.839 bits per heavy atom. The van der Waals surface area contributed by atoms with Crippen LogP contribution >= 0.6 is 0 Å². The third kappa shape index (κ3) is 4.89. The summed E-state index contributed by atoms with van der Waals surface area (Å²) in [5.41, 5.74) is 15.9. The van der Waals surface area contributed by atoms with Gasteiger partial charge in [-0.3, -0.25) is 0 Å². The summed E-state index contributed by atoms with van der Waals surface area (Å²) in [7, 11) is 0. The summed E-state index contributed by atoms with van der Waals surface area (Å²) in [6, 6.07) is 74.4. The average Bonchev–Trinajstić information content (AvgIpc) is 3.78. The molecule has 0 spiro atoms. The molecular formula is C54H37NO. The molecule has 1 aromatic heterocycles. The molecule has 0 unspecified atom stereocenters. The minimum atomic E-state index is -0.342. The molecular weight excluding hydrogens is 679 g/mol. The van der Waals surface area contributed by atoms with Crippen LogP contribution in [0.4, 0.5) is 17.1 Å². The van der Waals surface area contributed by atoms with Crippen LogP contribution in [0.2, 0.25) is 0 Å². The molecule has 1 heterocycles. The molecule has 0 saturated heterocycles. The van der Waals surface area contributed by atoms with E-state index in [1.807, 2.05) is 0 Å². The summed E-state index contributed by atoms with van der Waals surface area (Å²) < 4.78 is 7.02. The van der Waals surface area contributed by atoms with E-state index in [1.54, 1.807) is 0 Å². The highest BCUT2D eigenvalue weighted by Crippen LogP contribution is 2.54. The van der Waals surface area contributed by atoms with E-state index in [1.165, 1.54) is 49.7 Å². The highest BCUT2D eigenvalue weighted by molar-refractivity contribution is 6.11. The molecule has 2 nitrogen and oxygen atoms in total. The van der Waals surface area contributed by atoms with Gasteiger partial charge in [-0.2, -0.15) is 0 Å². The Hall–Kier alpha value is -7.16. The lowest BCUT2D eigenvalue weighted by molar-refractivity contribution is 0.638. The number of anilines is 3. The van der Waals surface area contributed by atoms with Crippen molar-refractivity contribution in [3.63, 3.8) is 0 Å². The van der Waals surface area contributed by atoms with Crippen molar-refractivity contribution in [2.24, 2.45) is 0 Å². The lowest BCUT2D eigenvalue weighted by atomic mass is 9.74. The molecule has 9 aromatic carbocycles. The minimum absolute atomic E-state index is 0.342. The molecule has 56 heavy (non-hydrogen) atoms. The first kappa shape index (κ1) is 32.3. The third-order valence-electron chi connectivity index (χ3n) is 12.0. The van der Waals surface area contributed by atoms with Crippen molar-refractivity contribution in [3.8, 4) is 33.4 Å². The van der Waals surface area contributed by atoms with Gasteiger partial charge in [0.25, 0.3) is 0 Å². The van der Waals surface area contributed by atoms with Crippen LogP contribution in [0.15, 0.2) is 211 Å². The van der Waals surface area contributed by atoms with Gasteiger partial charge >= 0.3 is 0 Å². The fourth-order valence-corrected chi connectivity index (χ4v) is 9.24. The van der Waals surface area contributed by atoms with Crippen molar-refractivity contribution in [2.75, 3.05) is 4.90 Å². The van der Waals surface area contributed by atoms with Crippen LogP contribution in [-0.2, 0) is 5.41 Å². The molecule has 264 valence electrons. The van der Waals surface area contributed by atoms with Crippen LogP contribution in [-0.4, -0.2) is 0 Å². The quantitative estimate of drug-likeness (QED) is 0.170. The van der Waals surface area contributed by atoms with Crippen molar-refractivity contribution >= 4 is 49.8 Å². The summed E-state index contributed by atoms with van der Waals surface area (Å²) in [6.45, 7) is 2.36. The number of nitrogens with zero attached hydrogens (tertiary/aromatic N) is 1. The van der Waals surface area contributed by atoms with E-state index in [9.17, 15) is 0 Å². The van der Waals surface area contributed by atoms with E-state index in [2.05, 4.69) is 218 Å². The first-order valence-corrected chi connectivity index (χ1v) is 19.3. The van der Waals surface area contributed by atoms with Gasteiger partial charge in [0.05, 0.1) is 5.69 Å². The van der Waals surface area contributed by atoms with E-state index in [4.69, 9.17) is 4.42 Å². The maximum Gasteiger partial charge on any atom is 0.143 e. The predicted octanol–water partition coefficient (Wildman–Crippen LogP) is 14.9. The molecule has 10 aromatic rings. The number of rotatable bonds is 6. The second-order valence-corrected chi connectivity index (χ2v) is 15.0. The summed E-state index contributed by atoms with van der Waals surface area (Å²) in [5.74, 6) is 0. The van der Waals surface area contributed by atoms with Gasteiger partial charge < -0.3 is 9.32 Å². The Balaban J connectivity index is 0.960. The number of fused-ring (bicyclic) bond motifs is 7. The standard InChI is InChI=1S/C54H37NO/c1-54(48-24-9-7-19-44(48)45-20-8-10-25-49(45)54)50-26-13-23-47-46-22-12-21-43(52(46)56-53(47)50)39-30-28-36(29-31-39)37-32-34-41(35-33-37)55(40-16-3-2-4-17-40)51-27-11-15-38-14-5-6-18-42(38)51/h2-35H,1H3. The molecule has 0 radical (unpaired) electrons. The first-order chi connectivity index (χ1) is 27.7. The second kappa shape index (κ2) is 12.7. The average molecular weight is 716 g/mol. The van der Waals surface area contributed by atoms with E-state index in [0.717, 1.165) is 50.1 Å². The zero-order chi connectivity index (χ0) is 37.2. The van der Waals surface area contributed by atoms with E-state index < -0.39 is 0 Å². The Morgan fingerprint density at radius 3 is 1.57 bits per heavy atom. The SMILES string of the molecule is CC1(c2cccc3c2oc2c(-c4ccc(-c5ccc(N(c6ccccc6)c6cccc7ccccc67)cc5)cc4)cccc23)c2ccccc2-c2ccccc21. The fraction of sp³-hybridized carbons (Fsp3) is 0.0370. The molecule has 11 rings (SSSR count). The van der Waals surface area contributed by atoms with Crippen molar-refractivity contribution in [2.45, 2.75) is 12.3 Å². The first-order valence-electron chi connectivity index (χ1n) is 19.3. The Morgan fingerprint density at radius 1 is 0.357 bits per heavy atom. The van der Waals surface area contributed by atoms with Gasteiger partial charge in [0.15, 0.2) is 0 Å². The summed E-state index contributed by atoms with van der Waals surface area (Å²) >= 11 is 0. The molecule has 0 bridgehead atoms. The lowest BCUT2D eigenvalue weighted by Gasteiger charge is -2.28. The maximum absolute atomic E-state index is 7.02. The summed E-state index contributed by atoms with van der Waals surface area (Å²) in [4.78, 5) is 2.35. The number of hydrogen-bond donors (Lipinski definition) is 0. The number of benzene rings is 9. The van der Waals surface area contributed by atoms with Crippen LogP contribution in [0.25, 0.3) is 66.1 Å². The largest absolute Gasteiger partial charge is 0.455 e. The van der Waals surface area contributed by atoms with E-state index in [-0.39, 0.29) is 5.41 Å². The predicted molar refractivity (Wildman–Crippen MR) is 234 cm³/mol. The van der Waals surface area contributed by atoms with Crippen molar-refractivity contribution in [3.05, 3.63) is 223 Å². The van der Waals surface area contributed by atoms with Gasteiger partial charge in [-0.15, -0.1) is 0 Å². The Kier molecular flexibility index (Phi) is 7.33. The van der Waals surface area contributed by atoms with Crippen LogP contribution in [0, 0.1) is 0 Å². The molecule has 1 aliphatic carbocycles. The van der Waals surface area contributed by atoms with Crippen LogP contribution in [0.5, 0.6) is 0 Å². The van der Waals surface area contributed by atoms with Gasteiger partial charge in [-0.05, 0) is 81.6 Å². The summed E-state index contributed by atoms with van der Waals surface area (Å²) in [5, 5.41) is 4.72. The van der Waals surface area contributed by atoms with Crippen LogP contribution in [0.3, 0.4) is 0 Å². The van der Waals surface area contributed by atoms with Crippen molar-refractivity contribution < 1.29 is 4.42 Å². The maximum atomic E-state index is 7.02. The fourth-order valence-electron chi connectivity index (χ4n) is 9.24. The molecule has 0 saturated carbocycles. The van der Waals surface area contributed by atoms with E-state index in [0.29, 0.717) is 0 Å². The zero-order valence-corrected chi connectivity index (χ0v) is 31.0. The van der Waals surface area contributed by atoms with Crippen LogP contribution in [0.1, 0.15) is 23.6 Å². The van der Waals surface area contributed by atoms with Gasteiger partial charge in [0.1, 0.15) is 11.2 Å². The molecule has 1 aliphatic rings. The molecule has 2 heteroatoms. The second-order valence-electron chi connectivity index (χ2n) is 15.0. The minimum Gasteiger partial charge on any atom is -0.455 e. The number of para-hydroxylation sites is 3. The normalized spacial score (nSPS) is 12.9. The molecule has 0 aliphatic heterocycles. The zero-order valence-electron chi connectivity index (χ0n) is 31.0. The number of furan rings is 1. The molecule has 0 N–H and O–H groups in total. The highest BCUT2D eigenvalue weighted by atomic mass is 16.3. The molecule has 0 amide bonds.